The Morgan fingerprint density at radius 1 is 1.32 bits per heavy atom. The molecule has 0 bridgehead atoms. The average molecular weight is 266 g/mol. The second kappa shape index (κ2) is 8.61. The molecular weight excluding hydrogens is 244 g/mol. The predicted molar refractivity (Wildman–Crippen MR) is 75.1 cm³/mol. The van der Waals surface area contributed by atoms with Crippen LogP contribution in [-0.4, -0.2) is 23.2 Å². The summed E-state index contributed by atoms with van der Waals surface area (Å²) in [7, 11) is 0. The Hall–Kier alpha value is -1.46. The van der Waals surface area contributed by atoms with Gasteiger partial charge < -0.3 is 10.4 Å². The van der Waals surface area contributed by atoms with Crippen molar-refractivity contribution in [1.82, 2.24) is 5.32 Å². The van der Waals surface area contributed by atoms with Crippen LogP contribution in [0.15, 0.2) is 24.3 Å². The standard InChI is InChI=1S/C14H22N2O3/c1-12(15-9-4-2-3-5-10-17)13-7-6-8-14(11-13)16(18)19/h6-8,11-12,15,17H,2-5,9-10H2,1H3. The van der Waals surface area contributed by atoms with Crippen molar-refractivity contribution < 1.29 is 10.0 Å². The molecule has 0 radical (unpaired) electrons. The van der Waals surface area contributed by atoms with Crippen molar-refractivity contribution in [3.63, 3.8) is 0 Å². The van der Waals surface area contributed by atoms with Gasteiger partial charge in [-0.05, 0) is 31.9 Å². The number of nitro groups is 1. The molecule has 0 saturated heterocycles. The van der Waals surface area contributed by atoms with Crippen molar-refractivity contribution in [2.24, 2.45) is 0 Å². The van der Waals surface area contributed by atoms with Crippen LogP contribution in [0.2, 0.25) is 0 Å². The minimum atomic E-state index is -0.370. The van der Waals surface area contributed by atoms with Crippen LogP contribution < -0.4 is 5.32 Å². The van der Waals surface area contributed by atoms with Crippen LogP contribution in [0.4, 0.5) is 5.69 Å². The second-order valence-electron chi connectivity index (χ2n) is 4.67. The van der Waals surface area contributed by atoms with Crippen LogP contribution in [-0.2, 0) is 0 Å². The zero-order chi connectivity index (χ0) is 14.1. The van der Waals surface area contributed by atoms with Gasteiger partial charge >= 0.3 is 0 Å². The SMILES string of the molecule is CC(NCCCCCCO)c1cccc([N+](=O)[O-])c1. The highest BCUT2D eigenvalue weighted by Crippen LogP contribution is 2.18. The van der Waals surface area contributed by atoms with E-state index in [1.54, 1.807) is 12.1 Å². The van der Waals surface area contributed by atoms with Crippen LogP contribution in [0.5, 0.6) is 0 Å². The smallest absolute Gasteiger partial charge is 0.269 e. The van der Waals surface area contributed by atoms with Gasteiger partial charge in [-0.3, -0.25) is 10.1 Å². The number of nitrogens with one attached hydrogen (secondary N) is 1. The third-order valence-corrected chi connectivity index (χ3v) is 3.12. The number of hydrogen-bond donors (Lipinski definition) is 2. The lowest BCUT2D eigenvalue weighted by Gasteiger charge is -2.13. The summed E-state index contributed by atoms with van der Waals surface area (Å²) in [6.07, 6.45) is 4.05. The zero-order valence-electron chi connectivity index (χ0n) is 11.3. The molecule has 0 fully saturated rings. The average Bonchev–Trinajstić information content (AvgIpc) is 2.42. The summed E-state index contributed by atoms with van der Waals surface area (Å²) in [5, 5.41) is 22.7. The third-order valence-electron chi connectivity index (χ3n) is 3.12. The molecule has 0 heterocycles. The van der Waals surface area contributed by atoms with E-state index in [9.17, 15) is 10.1 Å². The Bertz CT molecular complexity index is 396. The van der Waals surface area contributed by atoms with E-state index >= 15 is 0 Å². The van der Waals surface area contributed by atoms with E-state index < -0.39 is 0 Å². The maximum atomic E-state index is 10.7. The van der Waals surface area contributed by atoms with E-state index in [0.717, 1.165) is 37.8 Å². The molecule has 1 unspecified atom stereocenters. The zero-order valence-corrected chi connectivity index (χ0v) is 11.3. The molecule has 0 aliphatic carbocycles. The van der Waals surface area contributed by atoms with Gasteiger partial charge in [0.25, 0.3) is 5.69 Å². The fourth-order valence-electron chi connectivity index (χ4n) is 1.93. The second-order valence-corrected chi connectivity index (χ2v) is 4.67. The fraction of sp³-hybridized carbons (Fsp3) is 0.571. The van der Waals surface area contributed by atoms with E-state index in [1.807, 2.05) is 13.0 Å². The van der Waals surface area contributed by atoms with Crippen molar-refractivity contribution in [3.8, 4) is 0 Å². The normalized spacial score (nSPS) is 12.3. The molecule has 1 rings (SSSR count). The first kappa shape index (κ1) is 15.6. The van der Waals surface area contributed by atoms with Crippen LogP contribution in [0.1, 0.15) is 44.2 Å². The van der Waals surface area contributed by atoms with Crippen molar-refractivity contribution in [2.75, 3.05) is 13.2 Å². The topological polar surface area (TPSA) is 75.4 Å². The van der Waals surface area contributed by atoms with Crippen molar-refractivity contribution in [2.45, 2.75) is 38.6 Å². The lowest BCUT2D eigenvalue weighted by atomic mass is 10.1. The minimum absolute atomic E-state index is 0.109. The summed E-state index contributed by atoms with van der Waals surface area (Å²) in [4.78, 5) is 10.3. The number of non-ortho nitro benzene ring substituents is 1. The van der Waals surface area contributed by atoms with Gasteiger partial charge in [-0.1, -0.05) is 25.0 Å². The predicted octanol–water partition coefficient (Wildman–Crippen LogP) is 2.80. The molecule has 1 aromatic rings. The van der Waals surface area contributed by atoms with Gasteiger partial charge in [-0.15, -0.1) is 0 Å². The van der Waals surface area contributed by atoms with Gasteiger partial charge in [0, 0.05) is 24.8 Å². The number of aliphatic hydroxyl groups excluding tert-OH is 1. The van der Waals surface area contributed by atoms with E-state index in [2.05, 4.69) is 5.32 Å². The first-order valence-electron chi connectivity index (χ1n) is 6.73. The minimum Gasteiger partial charge on any atom is -0.396 e. The Morgan fingerprint density at radius 3 is 2.74 bits per heavy atom. The van der Waals surface area contributed by atoms with Gasteiger partial charge in [0.2, 0.25) is 0 Å². The maximum Gasteiger partial charge on any atom is 0.269 e. The first-order valence-corrected chi connectivity index (χ1v) is 6.73. The summed E-state index contributed by atoms with van der Waals surface area (Å²) >= 11 is 0. The van der Waals surface area contributed by atoms with Gasteiger partial charge in [0.15, 0.2) is 0 Å². The first-order chi connectivity index (χ1) is 9.15. The third kappa shape index (κ3) is 5.81. The van der Waals surface area contributed by atoms with Gasteiger partial charge in [-0.2, -0.15) is 0 Å². The van der Waals surface area contributed by atoms with Crippen LogP contribution in [0.25, 0.3) is 0 Å². The lowest BCUT2D eigenvalue weighted by molar-refractivity contribution is -0.384. The maximum absolute atomic E-state index is 10.7. The molecule has 1 aromatic carbocycles. The molecular formula is C14H22N2O3. The molecule has 5 nitrogen and oxygen atoms in total. The van der Waals surface area contributed by atoms with Crippen LogP contribution in [0, 0.1) is 10.1 Å². The summed E-state index contributed by atoms with van der Waals surface area (Å²) in [6.45, 7) is 3.15. The molecule has 0 amide bonds. The largest absolute Gasteiger partial charge is 0.396 e. The molecule has 0 saturated carbocycles. The van der Waals surface area contributed by atoms with E-state index in [4.69, 9.17) is 5.11 Å². The van der Waals surface area contributed by atoms with Gasteiger partial charge in [0.05, 0.1) is 4.92 Å². The molecule has 106 valence electrons. The van der Waals surface area contributed by atoms with Gasteiger partial charge in [0.1, 0.15) is 0 Å². The summed E-state index contributed by atoms with van der Waals surface area (Å²) in [6, 6.07) is 6.84. The molecule has 1 atom stereocenters. The number of nitro benzene ring substituents is 1. The Morgan fingerprint density at radius 2 is 2.05 bits per heavy atom. The monoisotopic (exact) mass is 266 g/mol. The molecule has 0 aliphatic heterocycles. The number of aliphatic hydroxyl groups is 1. The van der Waals surface area contributed by atoms with Crippen molar-refractivity contribution in [1.29, 1.82) is 0 Å². The van der Waals surface area contributed by atoms with Gasteiger partial charge in [-0.25, -0.2) is 0 Å². The number of nitrogens with zero attached hydrogens (tertiary/aromatic N) is 1. The summed E-state index contributed by atoms with van der Waals surface area (Å²) < 4.78 is 0. The van der Waals surface area contributed by atoms with Crippen LogP contribution in [0.3, 0.4) is 0 Å². The Labute approximate surface area is 113 Å². The van der Waals surface area contributed by atoms with E-state index in [0.29, 0.717) is 0 Å². The highest BCUT2D eigenvalue weighted by molar-refractivity contribution is 5.35. The number of benzene rings is 1. The molecule has 0 aliphatic rings. The molecule has 5 heteroatoms. The van der Waals surface area contributed by atoms with E-state index in [-0.39, 0.29) is 23.3 Å². The number of unbranched alkanes of at least 4 members (excludes halogenated alkanes) is 3. The Balaban J connectivity index is 2.34. The summed E-state index contributed by atoms with van der Waals surface area (Å²) in [5.41, 5.74) is 1.07. The molecule has 19 heavy (non-hydrogen) atoms. The fourth-order valence-corrected chi connectivity index (χ4v) is 1.93. The van der Waals surface area contributed by atoms with Crippen molar-refractivity contribution >= 4 is 5.69 Å². The lowest BCUT2D eigenvalue weighted by Crippen LogP contribution is -2.19. The molecule has 2 N–H and O–H groups in total. The molecule has 0 spiro atoms. The molecule has 0 aromatic heterocycles. The number of rotatable bonds is 9. The van der Waals surface area contributed by atoms with Crippen LogP contribution >= 0.6 is 0 Å². The number of hydrogen-bond acceptors (Lipinski definition) is 4. The Kier molecular flexibility index (Phi) is 7.07. The quantitative estimate of drug-likeness (QED) is 0.409. The van der Waals surface area contributed by atoms with E-state index in [1.165, 1.54) is 6.07 Å². The van der Waals surface area contributed by atoms with Crippen molar-refractivity contribution in [3.05, 3.63) is 39.9 Å². The summed E-state index contributed by atoms with van der Waals surface area (Å²) in [5.74, 6) is 0. The highest BCUT2D eigenvalue weighted by Gasteiger charge is 2.09. The highest BCUT2D eigenvalue weighted by atomic mass is 16.6.